The zero-order valence-electron chi connectivity index (χ0n) is 14.0. The van der Waals surface area contributed by atoms with Crippen LogP contribution in [0.15, 0.2) is 16.9 Å². The zero-order valence-corrected chi connectivity index (χ0v) is 15.6. The molecule has 3 rings (SSSR count). The molecule has 5 heteroatoms. The summed E-state index contributed by atoms with van der Waals surface area (Å²) in [5, 5.41) is 4.33. The van der Waals surface area contributed by atoms with Crippen molar-refractivity contribution in [3.63, 3.8) is 0 Å². The molecular formula is C17H22BrN3O. The van der Waals surface area contributed by atoms with Gasteiger partial charge in [0.1, 0.15) is 5.75 Å². The first-order valence-corrected chi connectivity index (χ1v) is 8.31. The van der Waals surface area contributed by atoms with Crippen LogP contribution in [0.3, 0.4) is 0 Å². The predicted molar refractivity (Wildman–Crippen MR) is 90.7 cm³/mol. The molecular weight excluding hydrogens is 342 g/mol. The lowest BCUT2D eigenvalue weighted by Gasteiger charge is -2.30. The average molecular weight is 364 g/mol. The summed E-state index contributed by atoms with van der Waals surface area (Å²) in [5.74, 6) is 0.938. The van der Waals surface area contributed by atoms with E-state index in [9.17, 15) is 0 Å². The van der Waals surface area contributed by atoms with Crippen molar-refractivity contribution in [2.24, 2.45) is 0 Å². The number of hydrogen-bond acceptors (Lipinski definition) is 3. The van der Waals surface area contributed by atoms with Crippen molar-refractivity contribution in [1.29, 1.82) is 0 Å². The Hall–Kier alpha value is -1.36. The molecule has 0 atom stereocenters. The topological polar surface area (TPSA) is 39.9 Å². The summed E-state index contributed by atoms with van der Waals surface area (Å²) in [6.45, 7) is 14.1. The van der Waals surface area contributed by atoms with Gasteiger partial charge < -0.3 is 4.74 Å². The van der Waals surface area contributed by atoms with E-state index in [4.69, 9.17) is 4.74 Å². The number of nitrogens with zero attached hydrogens (tertiary/aromatic N) is 3. The highest BCUT2D eigenvalue weighted by Gasteiger charge is 2.30. The number of rotatable bonds is 0. The van der Waals surface area contributed by atoms with E-state index >= 15 is 0 Å². The van der Waals surface area contributed by atoms with Crippen molar-refractivity contribution in [3.05, 3.63) is 33.6 Å². The normalized spacial score (nSPS) is 14.3. The molecule has 1 aromatic heterocycles. The molecule has 0 fully saturated rings. The average Bonchev–Trinajstić information content (AvgIpc) is 2.71. The number of aromatic nitrogens is 3. The third-order valence-electron chi connectivity index (χ3n) is 3.97. The van der Waals surface area contributed by atoms with E-state index in [1.807, 2.05) is 0 Å². The second-order valence-electron chi connectivity index (χ2n) is 7.94. The molecule has 22 heavy (non-hydrogen) atoms. The molecule has 4 nitrogen and oxygen atoms in total. The molecule has 0 bridgehead atoms. The van der Waals surface area contributed by atoms with Crippen molar-refractivity contribution < 1.29 is 4.74 Å². The summed E-state index contributed by atoms with van der Waals surface area (Å²) in [6, 6.07) is 5.07. The summed E-state index contributed by atoms with van der Waals surface area (Å²) in [7, 11) is 0. The van der Waals surface area contributed by atoms with Crippen molar-refractivity contribution in [2.45, 2.75) is 58.9 Å². The van der Waals surface area contributed by atoms with Crippen LogP contribution in [0.5, 0.6) is 11.8 Å². The van der Waals surface area contributed by atoms with Gasteiger partial charge in [0.25, 0.3) is 0 Å². The Morgan fingerprint density at radius 1 is 1.09 bits per heavy atom. The quantitative estimate of drug-likeness (QED) is 0.576. The van der Waals surface area contributed by atoms with E-state index in [-0.39, 0.29) is 10.8 Å². The Morgan fingerprint density at radius 3 is 2.36 bits per heavy atom. The molecule has 1 aliphatic rings. The maximum Gasteiger partial charge on any atom is 0.321 e. The molecule has 2 heterocycles. The maximum atomic E-state index is 6.08. The van der Waals surface area contributed by atoms with E-state index in [2.05, 4.69) is 79.7 Å². The molecule has 1 aliphatic heterocycles. The summed E-state index contributed by atoms with van der Waals surface area (Å²) in [5.41, 5.74) is 3.81. The minimum absolute atomic E-state index is 0.00473. The Balaban J connectivity index is 2.20. The molecule has 0 saturated heterocycles. The molecule has 0 unspecified atom stereocenters. The zero-order chi connectivity index (χ0) is 16.3. The van der Waals surface area contributed by atoms with E-state index in [1.165, 1.54) is 16.7 Å². The van der Waals surface area contributed by atoms with E-state index < -0.39 is 0 Å². The first kappa shape index (κ1) is 15.5. The van der Waals surface area contributed by atoms with Gasteiger partial charge in [0.2, 0.25) is 4.73 Å². The van der Waals surface area contributed by atoms with Crippen LogP contribution >= 0.6 is 15.9 Å². The number of hydrogen-bond donors (Lipinski definition) is 0. The van der Waals surface area contributed by atoms with Gasteiger partial charge >= 0.3 is 6.01 Å². The van der Waals surface area contributed by atoms with Gasteiger partial charge in [-0.3, -0.25) is 0 Å². The van der Waals surface area contributed by atoms with Gasteiger partial charge in [0.15, 0.2) is 0 Å². The number of halogens is 1. The van der Waals surface area contributed by atoms with Gasteiger partial charge in [0.05, 0.1) is 6.54 Å². The van der Waals surface area contributed by atoms with Crippen LogP contribution in [0.1, 0.15) is 58.2 Å². The molecule has 0 amide bonds. The first-order valence-electron chi connectivity index (χ1n) is 7.52. The van der Waals surface area contributed by atoms with Crippen molar-refractivity contribution in [1.82, 2.24) is 14.8 Å². The lowest BCUT2D eigenvalue weighted by molar-refractivity contribution is 0.362. The minimum atomic E-state index is 0.00473. The van der Waals surface area contributed by atoms with E-state index in [1.54, 1.807) is 4.68 Å². The summed E-state index contributed by atoms with van der Waals surface area (Å²) in [6.07, 6.45) is 0. The van der Waals surface area contributed by atoms with Crippen LogP contribution in [0.25, 0.3) is 0 Å². The molecule has 0 spiro atoms. The van der Waals surface area contributed by atoms with Crippen LogP contribution in [0.2, 0.25) is 0 Å². The van der Waals surface area contributed by atoms with Gasteiger partial charge in [-0.2, -0.15) is 4.98 Å². The third kappa shape index (κ3) is 2.67. The first-order chi connectivity index (χ1) is 10.1. The SMILES string of the molecule is CC(C)(C)c1cc2c(c(C(C)(C)C)c1)Oc1nc(Br)nn1C2. The summed E-state index contributed by atoms with van der Waals surface area (Å²) >= 11 is 3.32. The fourth-order valence-corrected chi connectivity index (χ4v) is 2.99. The number of fused-ring (bicyclic) bond motifs is 2. The van der Waals surface area contributed by atoms with E-state index in [0.717, 1.165) is 5.75 Å². The smallest absolute Gasteiger partial charge is 0.321 e. The van der Waals surface area contributed by atoms with E-state index in [0.29, 0.717) is 17.3 Å². The monoisotopic (exact) mass is 363 g/mol. The van der Waals surface area contributed by atoms with Gasteiger partial charge in [-0.1, -0.05) is 47.6 Å². The van der Waals surface area contributed by atoms with Gasteiger partial charge in [-0.05, 0) is 38.4 Å². The number of benzene rings is 1. The lowest BCUT2D eigenvalue weighted by Crippen LogP contribution is -2.21. The molecule has 0 aliphatic carbocycles. The Labute approximate surface area is 140 Å². The van der Waals surface area contributed by atoms with Gasteiger partial charge in [-0.15, -0.1) is 5.10 Å². The second-order valence-corrected chi connectivity index (χ2v) is 8.64. The van der Waals surface area contributed by atoms with Crippen LogP contribution in [0.4, 0.5) is 0 Å². The maximum absolute atomic E-state index is 6.08. The summed E-state index contributed by atoms with van der Waals surface area (Å²) in [4.78, 5) is 4.29. The van der Waals surface area contributed by atoms with Gasteiger partial charge in [-0.25, -0.2) is 4.68 Å². The molecule has 0 N–H and O–H groups in total. The molecule has 118 valence electrons. The Bertz CT molecular complexity index is 736. The summed E-state index contributed by atoms with van der Waals surface area (Å²) < 4.78 is 8.44. The highest BCUT2D eigenvalue weighted by molar-refractivity contribution is 9.10. The van der Waals surface area contributed by atoms with Crippen LogP contribution in [-0.4, -0.2) is 14.8 Å². The third-order valence-corrected chi connectivity index (χ3v) is 4.30. The van der Waals surface area contributed by atoms with Crippen LogP contribution < -0.4 is 4.74 Å². The second kappa shape index (κ2) is 4.82. The van der Waals surface area contributed by atoms with Crippen LogP contribution in [-0.2, 0) is 17.4 Å². The fraction of sp³-hybridized carbons (Fsp3) is 0.529. The molecule has 1 aromatic carbocycles. The standard InChI is InChI=1S/C17H22BrN3O/c1-16(2,3)11-7-10-9-21-15(19-14(18)20-21)22-13(10)12(8-11)17(4,5)6/h7-8H,9H2,1-6H3. The lowest BCUT2D eigenvalue weighted by atomic mass is 9.78. The molecule has 0 radical (unpaired) electrons. The molecule has 2 aromatic rings. The van der Waals surface area contributed by atoms with Crippen molar-refractivity contribution in [2.75, 3.05) is 0 Å². The highest BCUT2D eigenvalue weighted by Crippen LogP contribution is 2.42. The highest BCUT2D eigenvalue weighted by atomic mass is 79.9. The Morgan fingerprint density at radius 2 is 1.77 bits per heavy atom. The number of ether oxygens (including phenoxy) is 1. The molecule has 0 saturated carbocycles. The van der Waals surface area contributed by atoms with Crippen LogP contribution in [0, 0.1) is 0 Å². The largest absolute Gasteiger partial charge is 0.424 e. The predicted octanol–water partition coefficient (Wildman–Crippen LogP) is 4.79. The van der Waals surface area contributed by atoms with Crippen molar-refractivity contribution >= 4 is 15.9 Å². The Kier molecular flexibility index (Phi) is 3.40. The fourth-order valence-electron chi connectivity index (χ4n) is 2.65. The minimum Gasteiger partial charge on any atom is -0.424 e. The van der Waals surface area contributed by atoms with Gasteiger partial charge in [0, 0.05) is 11.1 Å². The van der Waals surface area contributed by atoms with Crippen molar-refractivity contribution in [3.8, 4) is 11.8 Å².